The molecule has 0 saturated carbocycles. The molecule has 10 aromatic carbocycles. The molecule has 11 heteroatoms. The van der Waals surface area contributed by atoms with Gasteiger partial charge in [-0.2, -0.15) is 0 Å². The first-order valence-corrected chi connectivity index (χ1v) is 29.3. The number of ether oxygens (including phenoxy) is 1. The van der Waals surface area contributed by atoms with Gasteiger partial charge < -0.3 is 22.8 Å². The number of halogens is 2. The van der Waals surface area contributed by atoms with E-state index in [0.29, 0.717) is 43.4 Å². The molecule has 0 bridgehead atoms. The molecule has 0 aliphatic heterocycles. The lowest BCUT2D eigenvalue weighted by Gasteiger charge is -2.26. The molecule has 0 fully saturated rings. The van der Waals surface area contributed by atoms with E-state index in [1.54, 1.807) is 0 Å². The molecule has 0 radical (unpaired) electrons. The molecule has 0 saturated heterocycles. The summed E-state index contributed by atoms with van der Waals surface area (Å²) in [5.41, 5.74) is 0. The molecule has 10 aromatic rings. The van der Waals surface area contributed by atoms with Crippen LogP contribution in [0.1, 0.15) is 0 Å². The van der Waals surface area contributed by atoms with Gasteiger partial charge in [0.25, 0.3) is 0 Å². The third kappa shape index (κ3) is 12.2. The Bertz CT molecular complexity index is 2880. The predicted molar refractivity (Wildman–Crippen MR) is 307 cm³/mol. The van der Waals surface area contributed by atoms with Crippen molar-refractivity contribution in [1.82, 2.24) is 0 Å². The summed E-state index contributed by atoms with van der Waals surface area (Å²) in [4.78, 5) is 0. The van der Waals surface area contributed by atoms with Crippen LogP contribution >= 0.6 is 64.5 Å². The number of rotatable bonds is 18. The first kappa shape index (κ1) is 48.5. The minimum Gasteiger partial charge on any atom is -0.464 e. The number of benzene rings is 10. The molecule has 0 heterocycles. The molecule has 0 unspecified atom stereocenters. The number of hydrogen-bond acceptors (Lipinski definition) is 5. The average Bonchev–Trinajstić information content (AvgIpc) is 3.43. The van der Waals surface area contributed by atoms with Gasteiger partial charge in [-0.05, 0) is 44.0 Å². The van der Waals surface area contributed by atoms with E-state index in [0.717, 1.165) is 42.4 Å². The Balaban J connectivity index is 1.12. The smallest absolute Gasteiger partial charge is 0.184 e. The molecular formula is C60H44Br2O5P4. The van der Waals surface area contributed by atoms with Crippen molar-refractivity contribution >= 4 is 107 Å². The molecular weight excluding hydrogens is 1080 g/mol. The first-order valence-electron chi connectivity index (χ1n) is 22.7. The van der Waals surface area contributed by atoms with Crippen molar-refractivity contribution in [3.63, 3.8) is 0 Å². The molecule has 5 nitrogen and oxygen atoms in total. The topological polar surface area (TPSA) is 46.2 Å². The van der Waals surface area contributed by atoms with Gasteiger partial charge in [0.1, 0.15) is 11.5 Å². The van der Waals surface area contributed by atoms with Gasteiger partial charge in [-0.3, -0.25) is 0 Å². The normalized spacial score (nSPS) is 11.2. The molecule has 0 aromatic heterocycles. The summed E-state index contributed by atoms with van der Waals surface area (Å²) >= 11 is 7.98. The highest BCUT2D eigenvalue weighted by Crippen LogP contribution is 2.54. The fourth-order valence-electron chi connectivity index (χ4n) is 7.56. The summed E-state index contributed by atoms with van der Waals surface area (Å²) < 4.78 is 37.4. The van der Waals surface area contributed by atoms with E-state index in [1.165, 1.54) is 0 Å². The predicted octanol–water partition coefficient (Wildman–Crippen LogP) is 14.7. The van der Waals surface area contributed by atoms with Crippen molar-refractivity contribution in [2.75, 3.05) is 0 Å². The molecule has 0 N–H and O–H groups in total. The highest BCUT2D eigenvalue weighted by molar-refractivity contribution is 9.11. The molecule has 348 valence electrons. The van der Waals surface area contributed by atoms with E-state index in [9.17, 15) is 0 Å². The summed E-state index contributed by atoms with van der Waals surface area (Å²) in [7, 11) is -5.37. The lowest BCUT2D eigenvalue weighted by atomic mass is 10.2. The van der Waals surface area contributed by atoms with Crippen LogP contribution in [0.2, 0.25) is 0 Å². The van der Waals surface area contributed by atoms with Crippen LogP contribution in [0.5, 0.6) is 34.5 Å². The Kier molecular flexibility index (Phi) is 16.3. The Morgan fingerprint density at radius 2 is 0.437 bits per heavy atom. The molecule has 0 aliphatic rings. The zero-order valence-corrected chi connectivity index (χ0v) is 44.7. The van der Waals surface area contributed by atoms with Crippen LogP contribution in [0, 0.1) is 0 Å². The third-order valence-electron chi connectivity index (χ3n) is 10.9. The van der Waals surface area contributed by atoms with Crippen LogP contribution in [0.4, 0.5) is 0 Å². The zero-order chi connectivity index (χ0) is 48.2. The Labute approximate surface area is 437 Å². The van der Waals surface area contributed by atoms with E-state index in [2.05, 4.69) is 129 Å². The van der Waals surface area contributed by atoms with Crippen molar-refractivity contribution < 1.29 is 22.8 Å². The molecule has 10 rings (SSSR count). The highest BCUT2D eigenvalue weighted by Gasteiger charge is 2.29. The van der Waals surface area contributed by atoms with Gasteiger partial charge in [-0.1, -0.05) is 243 Å². The van der Waals surface area contributed by atoms with Gasteiger partial charge in [0, 0.05) is 54.6 Å². The average molecular weight is 1130 g/mol. The molecule has 0 atom stereocenters. The molecule has 0 amide bonds. The Morgan fingerprint density at radius 3 is 0.648 bits per heavy atom. The second-order valence-electron chi connectivity index (χ2n) is 15.8. The standard InChI is InChI=1S/C60H44Br2O5P4/c61-55-41-45(64-68(47-25-9-1-10-26-47)48-27-11-2-12-28-48)43-57(66-70(51-33-17-5-18-34-51)52-35-19-6-20-36-52)59(55)63-60-56(62)42-46(65-69(49-29-13-3-14-30-49)50-31-15-4-16-32-50)44-58(60)67-71(53-37-21-7-22-38-53)54-39-23-8-24-40-54/h1-44H. The second kappa shape index (κ2) is 23.9. The summed E-state index contributed by atoms with van der Waals surface area (Å²) in [5.74, 6) is 3.07. The maximum atomic E-state index is 7.34. The minimum absolute atomic E-state index is 0.444. The van der Waals surface area contributed by atoms with E-state index in [4.69, 9.17) is 22.8 Å². The van der Waals surface area contributed by atoms with Gasteiger partial charge in [-0.25, -0.2) is 0 Å². The first-order chi connectivity index (χ1) is 35.0. The second-order valence-corrected chi connectivity index (χ2v) is 24.7. The van der Waals surface area contributed by atoms with Crippen LogP contribution < -0.4 is 65.3 Å². The van der Waals surface area contributed by atoms with E-state index in [1.807, 2.05) is 170 Å². The fraction of sp³-hybridized carbons (Fsp3) is 0. The van der Waals surface area contributed by atoms with Crippen molar-refractivity contribution in [2.45, 2.75) is 0 Å². The summed E-state index contributed by atoms with van der Waals surface area (Å²) in [6, 6.07) is 90.4. The van der Waals surface area contributed by atoms with Gasteiger partial charge in [0.15, 0.2) is 55.6 Å². The van der Waals surface area contributed by atoms with Crippen molar-refractivity contribution in [3.05, 3.63) is 276 Å². The monoisotopic (exact) mass is 1130 g/mol. The number of hydrogen-bond donors (Lipinski definition) is 0. The van der Waals surface area contributed by atoms with Crippen LogP contribution in [0.25, 0.3) is 0 Å². The minimum atomic E-state index is -1.41. The van der Waals surface area contributed by atoms with Crippen molar-refractivity contribution in [2.24, 2.45) is 0 Å². The molecule has 0 spiro atoms. The van der Waals surface area contributed by atoms with Crippen LogP contribution in [-0.4, -0.2) is 0 Å². The lowest BCUT2D eigenvalue weighted by molar-refractivity contribution is 0.430. The van der Waals surface area contributed by atoms with Crippen molar-refractivity contribution in [1.29, 1.82) is 0 Å². The maximum absolute atomic E-state index is 7.34. The molecule has 71 heavy (non-hydrogen) atoms. The van der Waals surface area contributed by atoms with Gasteiger partial charge in [-0.15, -0.1) is 0 Å². The summed E-state index contributed by atoms with van der Waals surface area (Å²) in [6.45, 7) is 0. The SMILES string of the molecule is Brc1cc(OP(c2ccccc2)c2ccccc2)cc(OP(c2ccccc2)c2ccccc2)c1Oc1c(Br)cc(OP(c2ccccc2)c2ccccc2)cc1OP(c1ccccc1)c1ccccc1. The van der Waals surface area contributed by atoms with Crippen molar-refractivity contribution in [3.8, 4) is 34.5 Å². The summed E-state index contributed by atoms with van der Waals surface area (Å²) in [5, 5.41) is 8.45. The lowest BCUT2D eigenvalue weighted by Crippen LogP contribution is -2.17. The highest BCUT2D eigenvalue weighted by atomic mass is 79.9. The van der Waals surface area contributed by atoms with E-state index < -0.39 is 32.6 Å². The Morgan fingerprint density at radius 1 is 0.239 bits per heavy atom. The zero-order valence-electron chi connectivity index (χ0n) is 38.0. The van der Waals surface area contributed by atoms with Crippen LogP contribution in [-0.2, 0) is 0 Å². The maximum Gasteiger partial charge on any atom is 0.184 e. The van der Waals surface area contributed by atoms with E-state index in [-0.39, 0.29) is 0 Å². The van der Waals surface area contributed by atoms with Crippen LogP contribution in [0.15, 0.2) is 276 Å². The quantitative estimate of drug-likeness (QED) is 0.0801. The Hall–Kier alpha value is -6.12. The third-order valence-corrected chi connectivity index (χ3v) is 19.7. The van der Waals surface area contributed by atoms with Gasteiger partial charge >= 0.3 is 0 Å². The van der Waals surface area contributed by atoms with Gasteiger partial charge in [0.2, 0.25) is 0 Å². The van der Waals surface area contributed by atoms with Gasteiger partial charge in [0.05, 0.1) is 8.95 Å². The van der Waals surface area contributed by atoms with E-state index >= 15 is 0 Å². The summed E-state index contributed by atoms with van der Waals surface area (Å²) in [6.07, 6.45) is 0. The molecule has 0 aliphatic carbocycles. The fourth-order valence-corrected chi connectivity index (χ4v) is 15.4. The largest absolute Gasteiger partial charge is 0.464 e. The van der Waals surface area contributed by atoms with Crippen LogP contribution in [0.3, 0.4) is 0 Å².